The van der Waals surface area contributed by atoms with Crippen molar-refractivity contribution in [3.05, 3.63) is 77.6 Å². The number of nitrogens with zero attached hydrogens (tertiary/aromatic N) is 4. The number of aliphatic hydroxyl groups excluding tert-OH is 1. The van der Waals surface area contributed by atoms with Gasteiger partial charge in [-0.1, -0.05) is 26.0 Å². The number of hydrogen-bond acceptors (Lipinski definition) is 8. The predicted octanol–water partition coefficient (Wildman–Crippen LogP) is 3.79. The van der Waals surface area contributed by atoms with Crippen LogP contribution in [0.2, 0.25) is 0 Å². The number of aliphatic hydroxyl groups is 1. The number of carbonyl (C=O) groups is 1. The molecular weight excluding hydrogens is 526 g/mol. The number of amides is 1. The Morgan fingerprint density at radius 1 is 1.02 bits per heavy atom. The molecule has 2 N–H and O–H groups in total. The van der Waals surface area contributed by atoms with E-state index < -0.39 is 9.84 Å². The average molecular weight is 560 g/mol. The highest BCUT2D eigenvalue weighted by molar-refractivity contribution is 7.90. The van der Waals surface area contributed by atoms with E-state index in [2.05, 4.69) is 29.0 Å². The average Bonchev–Trinajstić information content (AvgIpc) is 2.93. The Hall–Kier alpha value is -3.89. The van der Waals surface area contributed by atoms with Crippen molar-refractivity contribution in [1.82, 2.24) is 20.3 Å². The summed E-state index contributed by atoms with van der Waals surface area (Å²) in [5, 5.41) is 14.0. The zero-order valence-corrected chi connectivity index (χ0v) is 23.8. The molecule has 4 heterocycles. The van der Waals surface area contributed by atoms with Crippen molar-refractivity contribution in [3.63, 3.8) is 0 Å². The topological polar surface area (TPSA) is 125 Å². The number of hydrogen-bond donors (Lipinski definition) is 2. The second-order valence-corrected chi connectivity index (χ2v) is 12.7. The molecule has 9 nitrogen and oxygen atoms in total. The molecule has 3 aromatic heterocycles. The van der Waals surface area contributed by atoms with Gasteiger partial charge in [-0.05, 0) is 66.8 Å². The molecule has 0 radical (unpaired) electrons. The van der Waals surface area contributed by atoms with Gasteiger partial charge in [0, 0.05) is 36.5 Å². The molecule has 0 aliphatic carbocycles. The second kappa shape index (κ2) is 10.9. The van der Waals surface area contributed by atoms with E-state index in [4.69, 9.17) is 9.97 Å². The maximum Gasteiger partial charge on any atom is 0.251 e. The maximum absolute atomic E-state index is 12.8. The standard InChI is InChI=1S/C30H33N5O4S/c1-18-8-9-21(12-27(18)40(4,38)39)30(37)32-15-23-13-26-22(14-31-23)10-11-25(33-26)24-6-5-7-28(34-24)35-16-19(2)29(36)20(3)17-35/h5-14,19-20,29,36H,15-17H2,1-4H3,(H,32,37)/t19-,20+,29?. The van der Waals surface area contributed by atoms with Crippen LogP contribution in [0.5, 0.6) is 0 Å². The number of sulfone groups is 1. The predicted molar refractivity (Wildman–Crippen MR) is 155 cm³/mol. The Kier molecular flexibility index (Phi) is 7.57. The first kappa shape index (κ1) is 27.7. The van der Waals surface area contributed by atoms with E-state index in [1.807, 2.05) is 36.4 Å². The van der Waals surface area contributed by atoms with Crippen LogP contribution >= 0.6 is 0 Å². The van der Waals surface area contributed by atoms with Gasteiger partial charge >= 0.3 is 0 Å². The van der Waals surface area contributed by atoms with E-state index in [9.17, 15) is 18.3 Å². The molecule has 1 aliphatic heterocycles. The summed E-state index contributed by atoms with van der Waals surface area (Å²) in [6, 6.07) is 16.2. The Balaban J connectivity index is 1.34. The highest BCUT2D eigenvalue weighted by atomic mass is 32.2. The Bertz CT molecular complexity index is 1680. The third kappa shape index (κ3) is 5.83. The summed E-state index contributed by atoms with van der Waals surface area (Å²) in [7, 11) is -3.44. The molecule has 208 valence electrons. The highest BCUT2D eigenvalue weighted by Crippen LogP contribution is 2.28. The molecule has 3 atom stereocenters. The van der Waals surface area contributed by atoms with Gasteiger partial charge in [0.05, 0.1) is 40.1 Å². The van der Waals surface area contributed by atoms with Crippen molar-refractivity contribution in [1.29, 1.82) is 0 Å². The van der Waals surface area contributed by atoms with Gasteiger partial charge in [0.15, 0.2) is 9.84 Å². The first-order valence-electron chi connectivity index (χ1n) is 13.2. The summed E-state index contributed by atoms with van der Waals surface area (Å²) >= 11 is 0. The molecular formula is C30H33N5O4S. The molecule has 0 spiro atoms. The molecule has 5 rings (SSSR count). The number of piperidine rings is 1. The van der Waals surface area contributed by atoms with Gasteiger partial charge in [0.1, 0.15) is 5.82 Å². The van der Waals surface area contributed by atoms with Gasteiger partial charge in [0.2, 0.25) is 0 Å². The minimum absolute atomic E-state index is 0.139. The molecule has 1 aliphatic rings. The number of aryl methyl sites for hydroxylation is 1. The van der Waals surface area contributed by atoms with Crippen LogP contribution in [-0.4, -0.2) is 59.8 Å². The molecule has 1 aromatic carbocycles. The zero-order valence-electron chi connectivity index (χ0n) is 23.0. The second-order valence-electron chi connectivity index (χ2n) is 10.7. The number of fused-ring (bicyclic) bond motifs is 1. The quantitative estimate of drug-likeness (QED) is 0.366. The van der Waals surface area contributed by atoms with Crippen molar-refractivity contribution in [3.8, 4) is 11.4 Å². The molecule has 1 unspecified atom stereocenters. The van der Waals surface area contributed by atoms with Crippen LogP contribution in [0, 0.1) is 18.8 Å². The van der Waals surface area contributed by atoms with Crippen LogP contribution in [0.3, 0.4) is 0 Å². The van der Waals surface area contributed by atoms with Crippen molar-refractivity contribution in [2.75, 3.05) is 24.2 Å². The molecule has 1 amide bonds. The van der Waals surface area contributed by atoms with E-state index in [1.54, 1.807) is 25.3 Å². The van der Waals surface area contributed by atoms with Gasteiger partial charge < -0.3 is 15.3 Å². The maximum atomic E-state index is 12.8. The molecule has 1 saturated heterocycles. The van der Waals surface area contributed by atoms with Crippen molar-refractivity contribution >= 4 is 32.5 Å². The molecule has 10 heteroatoms. The smallest absolute Gasteiger partial charge is 0.251 e. The van der Waals surface area contributed by atoms with E-state index in [0.717, 1.165) is 47.5 Å². The summed E-state index contributed by atoms with van der Waals surface area (Å²) in [4.78, 5) is 29.3. The van der Waals surface area contributed by atoms with Gasteiger partial charge in [-0.25, -0.2) is 18.4 Å². The van der Waals surface area contributed by atoms with E-state index in [-0.39, 0.29) is 40.9 Å². The SMILES string of the molecule is Cc1ccc(C(=O)NCc2cc3nc(-c4cccc(N5C[C@@H](C)C(O)[C@@H](C)C5)n4)ccc3cn2)cc1S(C)(=O)=O. The summed E-state index contributed by atoms with van der Waals surface area (Å²) in [6.07, 6.45) is 2.53. The van der Waals surface area contributed by atoms with E-state index in [0.29, 0.717) is 11.3 Å². The van der Waals surface area contributed by atoms with E-state index >= 15 is 0 Å². The van der Waals surface area contributed by atoms with Gasteiger partial charge in [0.25, 0.3) is 5.91 Å². The first-order chi connectivity index (χ1) is 19.0. The largest absolute Gasteiger partial charge is 0.392 e. The highest BCUT2D eigenvalue weighted by Gasteiger charge is 2.31. The van der Waals surface area contributed by atoms with Crippen molar-refractivity contribution < 1.29 is 18.3 Å². The molecule has 1 fully saturated rings. The summed E-state index contributed by atoms with van der Waals surface area (Å²) in [5.41, 5.74) is 3.68. The van der Waals surface area contributed by atoms with Crippen LogP contribution in [0.1, 0.15) is 35.5 Å². The first-order valence-corrected chi connectivity index (χ1v) is 15.1. The Morgan fingerprint density at radius 2 is 1.75 bits per heavy atom. The molecule has 0 bridgehead atoms. The lowest BCUT2D eigenvalue weighted by Gasteiger charge is -2.39. The lowest BCUT2D eigenvalue weighted by atomic mass is 9.88. The Labute approximate surface area is 234 Å². The third-order valence-corrected chi connectivity index (χ3v) is 8.65. The summed E-state index contributed by atoms with van der Waals surface area (Å²) in [5.74, 6) is 0.793. The van der Waals surface area contributed by atoms with Crippen molar-refractivity contribution in [2.45, 2.75) is 38.3 Å². The van der Waals surface area contributed by atoms with Crippen LogP contribution < -0.4 is 10.2 Å². The number of carbonyl (C=O) groups excluding carboxylic acids is 1. The summed E-state index contributed by atoms with van der Waals surface area (Å²) < 4.78 is 24.1. The fourth-order valence-electron chi connectivity index (χ4n) is 5.19. The summed E-state index contributed by atoms with van der Waals surface area (Å²) in [6.45, 7) is 7.46. The normalized spacial score (nSPS) is 19.5. The third-order valence-electron chi connectivity index (χ3n) is 7.41. The minimum Gasteiger partial charge on any atom is -0.392 e. The van der Waals surface area contributed by atoms with Gasteiger partial charge in [-0.3, -0.25) is 9.78 Å². The lowest BCUT2D eigenvalue weighted by molar-refractivity contribution is 0.0527. The fourth-order valence-corrected chi connectivity index (χ4v) is 6.18. The van der Waals surface area contributed by atoms with Crippen LogP contribution in [0.25, 0.3) is 22.3 Å². The van der Waals surface area contributed by atoms with Crippen LogP contribution in [0.4, 0.5) is 5.82 Å². The van der Waals surface area contributed by atoms with Crippen molar-refractivity contribution in [2.24, 2.45) is 11.8 Å². The minimum atomic E-state index is -3.44. The Morgan fingerprint density at radius 3 is 2.48 bits per heavy atom. The monoisotopic (exact) mass is 559 g/mol. The number of nitrogens with one attached hydrogen (secondary N) is 1. The van der Waals surface area contributed by atoms with Crippen LogP contribution in [0.15, 0.2) is 65.7 Å². The number of rotatable bonds is 6. The number of benzene rings is 1. The van der Waals surface area contributed by atoms with Crippen LogP contribution in [-0.2, 0) is 16.4 Å². The van der Waals surface area contributed by atoms with Gasteiger partial charge in [-0.15, -0.1) is 0 Å². The molecule has 4 aromatic rings. The zero-order chi connectivity index (χ0) is 28.6. The van der Waals surface area contributed by atoms with E-state index in [1.165, 1.54) is 6.07 Å². The number of pyridine rings is 3. The fraction of sp³-hybridized carbons (Fsp3) is 0.333. The number of anilines is 1. The molecule has 0 saturated carbocycles. The molecule has 40 heavy (non-hydrogen) atoms. The lowest BCUT2D eigenvalue weighted by Crippen LogP contribution is -2.47. The number of aromatic nitrogens is 3. The van der Waals surface area contributed by atoms with Gasteiger partial charge in [-0.2, -0.15) is 0 Å².